The molecule has 0 aliphatic carbocycles. The second-order valence-electron chi connectivity index (χ2n) is 6.22. The van der Waals surface area contributed by atoms with Crippen molar-refractivity contribution < 1.29 is 18.8 Å². The van der Waals surface area contributed by atoms with Gasteiger partial charge in [-0.05, 0) is 12.8 Å². The monoisotopic (exact) mass is 324 g/mol. The van der Waals surface area contributed by atoms with Gasteiger partial charge in [-0.25, -0.2) is 0 Å². The summed E-state index contributed by atoms with van der Waals surface area (Å²) in [5.41, 5.74) is 0. The summed E-state index contributed by atoms with van der Waals surface area (Å²) in [5, 5.41) is 3.69. The highest BCUT2D eigenvalue weighted by molar-refractivity contribution is 5.77. The standard InChI is InChI=1S/C15H24N4O4/c1-11-7-19(8-13(11)18-3-5-21-6-4-18)15(20)10-22-9-14-16-12(2)17-23-14/h11,13H,3-10H2,1-2H3. The molecule has 2 aliphatic rings. The van der Waals surface area contributed by atoms with Gasteiger partial charge in [0.15, 0.2) is 5.82 Å². The Kier molecular flexibility index (Phi) is 5.24. The summed E-state index contributed by atoms with van der Waals surface area (Å²) in [6.45, 7) is 9.17. The van der Waals surface area contributed by atoms with Gasteiger partial charge in [-0.15, -0.1) is 0 Å². The molecule has 1 aromatic heterocycles. The van der Waals surface area contributed by atoms with Gasteiger partial charge < -0.3 is 18.9 Å². The smallest absolute Gasteiger partial charge is 0.252 e. The van der Waals surface area contributed by atoms with Crippen LogP contribution in [0.2, 0.25) is 0 Å². The second kappa shape index (κ2) is 7.37. The van der Waals surface area contributed by atoms with Crippen molar-refractivity contribution in [2.45, 2.75) is 26.5 Å². The molecule has 1 amide bonds. The number of likely N-dealkylation sites (tertiary alicyclic amines) is 1. The Hall–Kier alpha value is -1.51. The number of hydrogen-bond acceptors (Lipinski definition) is 7. The predicted octanol–water partition coefficient (Wildman–Crippen LogP) is 0.0737. The number of nitrogens with zero attached hydrogens (tertiary/aromatic N) is 4. The average Bonchev–Trinajstić information content (AvgIpc) is 3.14. The molecule has 0 saturated carbocycles. The van der Waals surface area contributed by atoms with E-state index in [1.54, 1.807) is 6.92 Å². The molecule has 0 aromatic carbocycles. The Labute approximate surface area is 135 Å². The van der Waals surface area contributed by atoms with Crippen LogP contribution in [0.5, 0.6) is 0 Å². The summed E-state index contributed by atoms with van der Waals surface area (Å²) in [6.07, 6.45) is 0. The summed E-state index contributed by atoms with van der Waals surface area (Å²) < 4.78 is 15.8. The molecule has 8 nitrogen and oxygen atoms in total. The lowest BCUT2D eigenvalue weighted by atomic mass is 10.0. The van der Waals surface area contributed by atoms with Crippen LogP contribution in [-0.2, 0) is 20.9 Å². The third-order valence-corrected chi connectivity index (χ3v) is 4.46. The van der Waals surface area contributed by atoms with Crippen molar-refractivity contribution in [2.24, 2.45) is 5.92 Å². The Morgan fingerprint density at radius 3 is 2.83 bits per heavy atom. The quantitative estimate of drug-likeness (QED) is 0.758. The maximum atomic E-state index is 12.3. The summed E-state index contributed by atoms with van der Waals surface area (Å²) in [6, 6.07) is 0.418. The van der Waals surface area contributed by atoms with Gasteiger partial charge in [0.2, 0.25) is 5.91 Å². The van der Waals surface area contributed by atoms with E-state index in [0.717, 1.165) is 39.4 Å². The van der Waals surface area contributed by atoms with Crippen LogP contribution in [0, 0.1) is 12.8 Å². The van der Waals surface area contributed by atoms with Crippen LogP contribution in [-0.4, -0.2) is 77.9 Å². The van der Waals surface area contributed by atoms with E-state index in [2.05, 4.69) is 22.0 Å². The fourth-order valence-corrected chi connectivity index (χ4v) is 3.25. The fourth-order valence-electron chi connectivity index (χ4n) is 3.25. The molecule has 8 heteroatoms. The minimum absolute atomic E-state index is 0.0175. The van der Waals surface area contributed by atoms with Crippen molar-refractivity contribution in [2.75, 3.05) is 46.0 Å². The van der Waals surface area contributed by atoms with Crippen LogP contribution in [0.15, 0.2) is 4.52 Å². The number of aromatic nitrogens is 2. The molecule has 3 heterocycles. The Bertz CT molecular complexity index is 529. The maximum absolute atomic E-state index is 12.3. The highest BCUT2D eigenvalue weighted by atomic mass is 16.5. The van der Waals surface area contributed by atoms with E-state index in [1.807, 2.05) is 4.90 Å². The zero-order valence-electron chi connectivity index (χ0n) is 13.7. The maximum Gasteiger partial charge on any atom is 0.252 e. The van der Waals surface area contributed by atoms with Gasteiger partial charge in [0.1, 0.15) is 13.2 Å². The van der Waals surface area contributed by atoms with Crippen LogP contribution < -0.4 is 0 Å². The summed E-state index contributed by atoms with van der Waals surface area (Å²) in [7, 11) is 0. The summed E-state index contributed by atoms with van der Waals surface area (Å²) in [5.74, 6) is 1.45. The third kappa shape index (κ3) is 4.07. The zero-order valence-corrected chi connectivity index (χ0v) is 13.7. The molecule has 2 fully saturated rings. The fraction of sp³-hybridized carbons (Fsp3) is 0.800. The van der Waals surface area contributed by atoms with Gasteiger partial charge in [0, 0.05) is 32.2 Å². The van der Waals surface area contributed by atoms with Gasteiger partial charge >= 0.3 is 0 Å². The van der Waals surface area contributed by atoms with Crippen LogP contribution >= 0.6 is 0 Å². The largest absolute Gasteiger partial charge is 0.379 e. The Balaban J connectivity index is 1.44. The Morgan fingerprint density at radius 1 is 1.35 bits per heavy atom. The first kappa shape index (κ1) is 16.4. The number of carbonyl (C=O) groups is 1. The topological polar surface area (TPSA) is 80.9 Å². The minimum atomic E-state index is 0.0175. The van der Waals surface area contributed by atoms with Crippen LogP contribution in [0.4, 0.5) is 0 Å². The molecule has 23 heavy (non-hydrogen) atoms. The van der Waals surface area contributed by atoms with E-state index in [1.165, 1.54) is 0 Å². The lowest BCUT2D eigenvalue weighted by Gasteiger charge is -2.33. The molecular formula is C15H24N4O4. The number of rotatable bonds is 5. The number of carbonyl (C=O) groups excluding carboxylic acids is 1. The van der Waals surface area contributed by atoms with E-state index in [0.29, 0.717) is 23.7 Å². The van der Waals surface area contributed by atoms with E-state index in [-0.39, 0.29) is 19.1 Å². The molecule has 0 bridgehead atoms. The van der Waals surface area contributed by atoms with Crippen LogP contribution in [0.25, 0.3) is 0 Å². The highest BCUT2D eigenvalue weighted by Crippen LogP contribution is 2.22. The number of hydrogen-bond donors (Lipinski definition) is 0. The number of amides is 1. The first-order valence-electron chi connectivity index (χ1n) is 8.10. The molecule has 2 unspecified atom stereocenters. The number of morpholine rings is 1. The molecular weight excluding hydrogens is 300 g/mol. The van der Waals surface area contributed by atoms with Gasteiger partial charge in [-0.1, -0.05) is 12.1 Å². The first-order chi connectivity index (χ1) is 11.1. The van der Waals surface area contributed by atoms with Gasteiger partial charge in [0.05, 0.1) is 13.2 Å². The molecule has 0 spiro atoms. The molecule has 128 valence electrons. The predicted molar refractivity (Wildman–Crippen MR) is 80.6 cm³/mol. The van der Waals surface area contributed by atoms with Gasteiger partial charge in [0.25, 0.3) is 5.89 Å². The van der Waals surface area contributed by atoms with Crippen molar-refractivity contribution in [3.8, 4) is 0 Å². The third-order valence-electron chi connectivity index (χ3n) is 4.46. The van der Waals surface area contributed by atoms with Crippen LogP contribution in [0.1, 0.15) is 18.6 Å². The lowest BCUT2D eigenvalue weighted by molar-refractivity contribution is -0.136. The van der Waals surface area contributed by atoms with E-state index in [9.17, 15) is 4.79 Å². The van der Waals surface area contributed by atoms with Crippen molar-refractivity contribution >= 4 is 5.91 Å². The summed E-state index contributed by atoms with van der Waals surface area (Å²) in [4.78, 5) is 20.7. The number of ether oxygens (including phenoxy) is 2. The molecule has 0 radical (unpaired) electrons. The highest BCUT2D eigenvalue weighted by Gasteiger charge is 2.36. The first-order valence-corrected chi connectivity index (χ1v) is 8.10. The van der Waals surface area contributed by atoms with Crippen LogP contribution in [0.3, 0.4) is 0 Å². The molecule has 1 aromatic rings. The van der Waals surface area contributed by atoms with Crippen molar-refractivity contribution in [3.05, 3.63) is 11.7 Å². The molecule has 0 N–H and O–H groups in total. The molecule has 2 aliphatic heterocycles. The van der Waals surface area contributed by atoms with Crippen molar-refractivity contribution in [1.82, 2.24) is 19.9 Å². The zero-order chi connectivity index (χ0) is 16.2. The SMILES string of the molecule is Cc1noc(COCC(=O)N2CC(C)C(N3CCOCC3)C2)n1. The van der Waals surface area contributed by atoms with E-state index in [4.69, 9.17) is 14.0 Å². The minimum Gasteiger partial charge on any atom is -0.379 e. The molecule has 3 rings (SSSR count). The second-order valence-corrected chi connectivity index (χ2v) is 6.22. The van der Waals surface area contributed by atoms with Gasteiger partial charge in [-0.3, -0.25) is 9.69 Å². The van der Waals surface area contributed by atoms with Gasteiger partial charge in [-0.2, -0.15) is 4.98 Å². The summed E-state index contributed by atoms with van der Waals surface area (Å²) >= 11 is 0. The van der Waals surface area contributed by atoms with E-state index < -0.39 is 0 Å². The normalized spacial score (nSPS) is 25.9. The Morgan fingerprint density at radius 2 is 2.13 bits per heavy atom. The van der Waals surface area contributed by atoms with Crippen molar-refractivity contribution in [1.29, 1.82) is 0 Å². The average molecular weight is 324 g/mol. The van der Waals surface area contributed by atoms with Crippen molar-refractivity contribution in [3.63, 3.8) is 0 Å². The molecule has 2 atom stereocenters. The lowest BCUT2D eigenvalue weighted by Crippen LogP contribution is -2.47. The van der Waals surface area contributed by atoms with E-state index >= 15 is 0 Å². The molecule has 2 saturated heterocycles. The number of aryl methyl sites for hydroxylation is 1.